The Hall–Kier alpha value is -2.84. The lowest BCUT2D eigenvalue weighted by molar-refractivity contribution is -0.0261. The molecule has 1 aromatic heterocycles. The van der Waals surface area contributed by atoms with Crippen molar-refractivity contribution in [3.63, 3.8) is 0 Å². The highest BCUT2D eigenvalue weighted by atomic mass is 19.1. The molecule has 0 unspecified atom stereocenters. The third-order valence-electron chi connectivity index (χ3n) is 6.07. The molecule has 0 radical (unpaired) electrons. The maximum atomic E-state index is 14.6. The average Bonchev–Trinajstić information content (AvgIpc) is 3.28. The zero-order valence-corrected chi connectivity index (χ0v) is 18.7. The first-order chi connectivity index (χ1) is 16.0. The molecule has 1 aromatic carbocycles. The predicted octanol–water partition coefficient (Wildman–Crippen LogP) is 3.00. The van der Waals surface area contributed by atoms with E-state index >= 15 is 0 Å². The maximum Gasteiger partial charge on any atom is 0.270 e. The van der Waals surface area contributed by atoms with E-state index in [0.29, 0.717) is 55.9 Å². The Bertz CT molecular complexity index is 1040. The lowest BCUT2D eigenvalue weighted by Gasteiger charge is -2.28. The molecule has 1 fully saturated rings. The topological polar surface area (TPSA) is 97.8 Å². The first-order valence-corrected chi connectivity index (χ1v) is 11.5. The summed E-state index contributed by atoms with van der Waals surface area (Å²) < 4.78 is 25.6. The monoisotopic (exact) mass is 456 g/mol. The number of benzene rings is 1. The molecular formula is C25H29FN2O5. The van der Waals surface area contributed by atoms with Gasteiger partial charge in [0.2, 0.25) is 0 Å². The molecular weight excluding hydrogens is 427 g/mol. The van der Waals surface area contributed by atoms with Gasteiger partial charge in [0.25, 0.3) is 5.91 Å². The number of nitrogens with one attached hydrogen (secondary N) is 1. The zero-order valence-electron chi connectivity index (χ0n) is 18.7. The van der Waals surface area contributed by atoms with Crippen LogP contribution in [-0.2, 0) is 17.6 Å². The third-order valence-corrected chi connectivity index (χ3v) is 6.07. The molecule has 4 rings (SSSR count). The molecule has 176 valence electrons. The Morgan fingerprint density at radius 2 is 2.12 bits per heavy atom. The smallest absolute Gasteiger partial charge is 0.270 e. The summed E-state index contributed by atoms with van der Waals surface area (Å²) in [5.41, 5.74) is 2.45. The second-order valence-electron chi connectivity index (χ2n) is 8.57. The number of aromatic nitrogens is 1. The lowest BCUT2D eigenvalue weighted by Crippen LogP contribution is -2.48. The minimum Gasteiger partial charge on any atom is -0.491 e. The van der Waals surface area contributed by atoms with Crippen LogP contribution < -0.4 is 10.1 Å². The van der Waals surface area contributed by atoms with Gasteiger partial charge >= 0.3 is 0 Å². The Morgan fingerprint density at radius 3 is 2.88 bits per heavy atom. The fourth-order valence-corrected chi connectivity index (χ4v) is 4.21. The van der Waals surface area contributed by atoms with Gasteiger partial charge in [-0.2, -0.15) is 0 Å². The van der Waals surface area contributed by atoms with Crippen LogP contribution in [-0.4, -0.2) is 53.7 Å². The standard InChI is InChI=1S/C25H29FN2O5/c1-2-3-4-22(29)17-6-5-15(12-18(17)26)11-16-13-21(27-20-8-10-33-24(16)20)25(31)28-19-7-9-32-14-23(19)30/h5-6,12-13,19,23,30H,2-4,7-11,14H2,1H3,(H,28,31)/t19-,23-/m0/s1. The van der Waals surface area contributed by atoms with E-state index in [4.69, 9.17) is 9.47 Å². The SMILES string of the molecule is CCCCC(=O)c1ccc(Cc2cc(C(=O)N[C@H]3CCOC[C@@H]3O)nc3c2OCC3)cc1F. The fourth-order valence-electron chi connectivity index (χ4n) is 4.21. The number of hydrogen-bond acceptors (Lipinski definition) is 6. The minimum absolute atomic E-state index is 0.110. The predicted molar refractivity (Wildman–Crippen MR) is 119 cm³/mol. The van der Waals surface area contributed by atoms with Gasteiger partial charge in [-0.05, 0) is 36.6 Å². The van der Waals surface area contributed by atoms with Crippen molar-refractivity contribution < 1.29 is 28.6 Å². The van der Waals surface area contributed by atoms with Crippen LogP contribution in [0.1, 0.15) is 70.3 Å². The summed E-state index contributed by atoms with van der Waals surface area (Å²) in [6.07, 6.45) is 2.63. The van der Waals surface area contributed by atoms with Gasteiger partial charge in [-0.25, -0.2) is 9.37 Å². The Kier molecular flexibility index (Phi) is 7.35. The van der Waals surface area contributed by atoms with Crippen molar-refractivity contribution in [1.29, 1.82) is 0 Å². The van der Waals surface area contributed by atoms with E-state index in [9.17, 15) is 19.1 Å². The van der Waals surface area contributed by atoms with Gasteiger partial charge in [0.05, 0.1) is 36.6 Å². The number of Topliss-reactive ketones (excluding diaryl/α,β-unsaturated/α-hetero) is 1. The van der Waals surface area contributed by atoms with Crippen molar-refractivity contribution in [3.8, 4) is 5.75 Å². The molecule has 0 bridgehead atoms. The molecule has 2 atom stereocenters. The molecule has 0 spiro atoms. The van der Waals surface area contributed by atoms with Gasteiger partial charge in [-0.3, -0.25) is 9.59 Å². The fraction of sp³-hybridized carbons (Fsp3) is 0.480. The second-order valence-corrected chi connectivity index (χ2v) is 8.57. The number of unbranched alkanes of at least 4 members (excludes halogenated alkanes) is 1. The molecule has 33 heavy (non-hydrogen) atoms. The molecule has 2 aromatic rings. The number of ether oxygens (including phenoxy) is 2. The second kappa shape index (κ2) is 10.4. The van der Waals surface area contributed by atoms with Crippen LogP contribution in [0.4, 0.5) is 4.39 Å². The van der Waals surface area contributed by atoms with E-state index < -0.39 is 18.0 Å². The number of hydrogen-bond donors (Lipinski definition) is 2. The molecule has 0 aliphatic carbocycles. The normalized spacial score (nSPS) is 19.6. The van der Waals surface area contributed by atoms with Gasteiger partial charge in [-0.1, -0.05) is 19.4 Å². The van der Waals surface area contributed by atoms with E-state index in [0.717, 1.165) is 18.4 Å². The lowest BCUT2D eigenvalue weighted by atomic mass is 9.98. The van der Waals surface area contributed by atoms with E-state index in [1.54, 1.807) is 12.1 Å². The largest absolute Gasteiger partial charge is 0.491 e. The van der Waals surface area contributed by atoms with E-state index in [2.05, 4.69) is 10.3 Å². The number of amides is 1. The number of fused-ring (bicyclic) bond motifs is 1. The van der Waals surface area contributed by atoms with E-state index in [1.807, 2.05) is 6.92 Å². The molecule has 2 aliphatic heterocycles. The first kappa shape index (κ1) is 23.3. The molecule has 1 saturated heterocycles. The van der Waals surface area contributed by atoms with Crippen LogP contribution in [0.15, 0.2) is 24.3 Å². The highest BCUT2D eigenvalue weighted by Crippen LogP contribution is 2.31. The molecule has 2 N–H and O–H groups in total. The number of carbonyl (C=O) groups excluding carboxylic acids is 2. The first-order valence-electron chi connectivity index (χ1n) is 11.5. The third kappa shape index (κ3) is 5.39. The van der Waals surface area contributed by atoms with Crippen LogP contribution in [0.5, 0.6) is 5.75 Å². The van der Waals surface area contributed by atoms with Crippen molar-refractivity contribution in [2.24, 2.45) is 0 Å². The van der Waals surface area contributed by atoms with Crippen LogP contribution in [0.2, 0.25) is 0 Å². The summed E-state index contributed by atoms with van der Waals surface area (Å²) in [5, 5.41) is 12.9. The van der Waals surface area contributed by atoms with Crippen molar-refractivity contribution >= 4 is 11.7 Å². The summed E-state index contributed by atoms with van der Waals surface area (Å²) >= 11 is 0. The van der Waals surface area contributed by atoms with Crippen molar-refractivity contribution in [2.75, 3.05) is 19.8 Å². The van der Waals surface area contributed by atoms with Gasteiger partial charge in [0, 0.05) is 31.4 Å². The van der Waals surface area contributed by atoms with Crippen LogP contribution >= 0.6 is 0 Å². The van der Waals surface area contributed by atoms with E-state index in [1.165, 1.54) is 12.1 Å². The summed E-state index contributed by atoms with van der Waals surface area (Å²) in [6, 6.07) is 5.91. The molecule has 1 amide bonds. The van der Waals surface area contributed by atoms with E-state index in [-0.39, 0.29) is 29.6 Å². The Morgan fingerprint density at radius 1 is 1.27 bits per heavy atom. The highest BCUT2D eigenvalue weighted by molar-refractivity contribution is 5.96. The van der Waals surface area contributed by atoms with Gasteiger partial charge in [0.1, 0.15) is 17.3 Å². The quantitative estimate of drug-likeness (QED) is 0.593. The van der Waals surface area contributed by atoms with Crippen LogP contribution in [0.3, 0.4) is 0 Å². The van der Waals surface area contributed by atoms with Gasteiger partial charge in [0.15, 0.2) is 5.78 Å². The number of carbonyl (C=O) groups is 2. The Balaban J connectivity index is 1.54. The van der Waals surface area contributed by atoms with Gasteiger partial charge < -0.3 is 19.9 Å². The molecule has 7 nitrogen and oxygen atoms in total. The summed E-state index contributed by atoms with van der Waals surface area (Å²) in [6.45, 7) is 3.12. The summed E-state index contributed by atoms with van der Waals surface area (Å²) in [7, 11) is 0. The number of aliphatic hydroxyl groups excluding tert-OH is 1. The summed E-state index contributed by atoms with van der Waals surface area (Å²) in [5.74, 6) is -0.476. The van der Waals surface area contributed by atoms with Crippen molar-refractivity contribution in [3.05, 3.63) is 58.2 Å². The zero-order chi connectivity index (χ0) is 23.4. The molecule has 3 heterocycles. The van der Waals surface area contributed by atoms with Crippen molar-refractivity contribution in [2.45, 2.75) is 57.6 Å². The average molecular weight is 457 g/mol. The number of nitrogens with zero attached hydrogens (tertiary/aromatic N) is 1. The highest BCUT2D eigenvalue weighted by Gasteiger charge is 2.28. The molecule has 2 aliphatic rings. The number of aliphatic hydroxyl groups is 1. The maximum absolute atomic E-state index is 14.6. The summed E-state index contributed by atoms with van der Waals surface area (Å²) in [4.78, 5) is 29.5. The number of halogens is 1. The van der Waals surface area contributed by atoms with Gasteiger partial charge in [-0.15, -0.1) is 0 Å². The minimum atomic E-state index is -0.763. The Labute approximate surface area is 192 Å². The number of ketones is 1. The van der Waals surface area contributed by atoms with Crippen molar-refractivity contribution in [1.82, 2.24) is 10.3 Å². The van der Waals surface area contributed by atoms with Crippen LogP contribution in [0.25, 0.3) is 0 Å². The molecule has 0 saturated carbocycles. The molecule has 8 heteroatoms. The van der Waals surface area contributed by atoms with Crippen LogP contribution in [0, 0.1) is 5.82 Å². The number of pyridine rings is 1. The number of rotatable bonds is 8.